The number of benzene rings is 1. The van der Waals surface area contributed by atoms with Crippen molar-refractivity contribution >= 4 is 41.0 Å². The second kappa shape index (κ2) is 11.4. The summed E-state index contributed by atoms with van der Waals surface area (Å²) in [6.07, 6.45) is -11.5. The van der Waals surface area contributed by atoms with Crippen LogP contribution in [0.1, 0.15) is 41.4 Å². The van der Waals surface area contributed by atoms with E-state index < -0.39 is 59.2 Å². The first-order valence-corrected chi connectivity index (χ1v) is 12.0. The van der Waals surface area contributed by atoms with Gasteiger partial charge in [0.15, 0.2) is 17.3 Å². The molecule has 1 saturated carbocycles. The number of carbonyl (C=O) groups excluding carboxylic acids is 2. The molecular formula is C24H18ClF9N6O3. The van der Waals surface area contributed by atoms with Crippen molar-refractivity contribution in [2.24, 2.45) is 17.8 Å². The minimum atomic E-state index is -6.70. The van der Waals surface area contributed by atoms with E-state index in [0.29, 0.717) is 18.2 Å². The van der Waals surface area contributed by atoms with Crippen LogP contribution in [0.3, 0.4) is 0 Å². The van der Waals surface area contributed by atoms with Crippen molar-refractivity contribution in [2.45, 2.75) is 49.9 Å². The Kier molecular flexibility index (Phi) is 8.84. The van der Waals surface area contributed by atoms with Gasteiger partial charge in [-0.3, -0.25) is 14.5 Å². The lowest BCUT2D eigenvalue weighted by Crippen LogP contribution is -2.51. The van der Waals surface area contributed by atoms with Crippen LogP contribution in [0.5, 0.6) is 5.75 Å². The van der Waals surface area contributed by atoms with E-state index in [-0.39, 0.29) is 39.2 Å². The van der Waals surface area contributed by atoms with Crippen molar-refractivity contribution in [1.29, 1.82) is 5.26 Å². The van der Waals surface area contributed by atoms with Gasteiger partial charge in [-0.25, -0.2) is 14.1 Å². The lowest BCUT2D eigenvalue weighted by Gasteiger charge is -2.28. The molecule has 1 aromatic heterocycles. The summed E-state index contributed by atoms with van der Waals surface area (Å²) in [4.78, 5) is 29.7. The van der Waals surface area contributed by atoms with Crippen molar-refractivity contribution in [3.63, 3.8) is 0 Å². The quantitative estimate of drug-likeness (QED) is 0.290. The van der Waals surface area contributed by atoms with Crippen LogP contribution in [0.4, 0.5) is 45.3 Å². The zero-order valence-electron chi connectivity index (χ0n) is 21.7. The van der Waals surface area contributed by atoms with Crippen molar-refractivity contribution in [1.82, 2.24) is 14.7 Å². The fraction of sp³-hybridized carbons (Fsp3) is 0.375. The zero-order valence-corrected chi connectivity index (χ0v) is 22.5. The van der Waals surface area contributed by atoms with Gasteiger partial charge in [0.05, 0.1) is 16.7 Å². The molecule has 0 radical (unpaired) electrons. The molecule has 9 nitrogen and oxygen atoms in total. The molecule has 43 heavy (non-hydrogen) atoms. The minimum absolute atomic E-state index is 0.0200. The number of halogens is 10. The zero-order chi connectivity index (χ0) is 32.7. The predicted molar refractivity (Wildman–Crippen MR) is 131 cm³/mol. The molecule has 0 atom stereocenters. The Morgan fingerprint density at radius 3 is 2.23 bits per heavy atom. The third kappa shape index (κ3) is 5.98. The average molecular weight is 645 g/mol. The Hall–Kier alpha value is -4.27. The molecule has 19 heteroatoms. The highest BCUT2D eigenvalue weighted by molar-refractivity contribution is 6.34. The monoisotopic (exact) mass is 644 g/mol. The molecule has 2 amide bonds. The number of aromatic nitrogens is 2. The number of allylic oxidation sites excluding steroid dienone is 1. The van der Waals surface area contributed by atoms with Gasteiger partial charge in [0.25, 0.3) is 5.91 Å². The fourth-order valence-corrected chi connectivity index (χ4v) is 4.16. The summed E-state index contributed by atoms with van der Waals surface area (Å²) < 4.78 is 125. The Bertz CT molecular complexity index is 1520. The van der Waals surface area contributed by atoms with E-state index in [9.17, 15) is 54.4 Å². The number of hydrogen-bond acceptors (Lipinski definition) is 7. The first-order chi connectivity index (χ1) is 19.8. The normalized spacial score (nSPS) is 15.5. The summed E-state index contributed by atoms with van der Waals surface area (Å²) in [6.45, 7) is -2.97. The molecule has 2 N–H and O–H groups in total. The molecule has 0 unspecified atom stereocenters. The highest BCUT2D eigenvalue weighted by Crippen LogP contribution is 2.56. The van der Waals surface area contributed by atoms with Gasteiger partial charge in [0.2, 0.25) is 5.91 Å². The second-order valence-corrected chi connectivity index (χ2v) is 9.44. The average Bonchev–Trinajstić information content (AvgIpc) is 3.61. The summed E-state index contributed by atoms with van der Waals surface area (Å²) in [5, 5.41) is 12.1. The summed E-state index contributed by atoms with van der Waals surface area (Å²) in [5.41, 5.74) is -5.14. The third-order valence-corrected chi connectivity index (χ3v) is 6.53. The molecule has 232 valence electrons. The number of nitrogens with zero attached hydrogens (tertiary/aromatic N) is 5. The van der Waals surface area contributed by atoms with Gasteiger partial charge < -0.3 is 10.5 Å². The summed E-state index contributed by atoms with van der Waals surface area (Å²) in [6, 6.07) is 5.39. The largest absolute Gasteiger partial charge is 0.437 e. The number of alkyl halides is 9. The second-order valence-electron chi connectivity index (χ2n) is 9.04. The molecular weight excluding hydrogens is 627 g/mol. The molecule has 3 rings (SSSR count). The summed E-state index contributed by atoms with van der Waals surface area (Å²) >= 11 is 6.14. The maximum atomic E-state index is 14.7. The van der Waals surface area contributed by atoms with Crippen molar-refractivity contribution in [3.8, 4) is 11.8 Å². The highest BCUT2D eigenvalue weighted by Gasteiger charge is 2.76. The first-order valence-electron chi connectivity index (χ1n) is 11.6. The number of aryl methyl sites for hydroxylation is 1. The van der Waals surface area contributed by atoms with Crippen molar-refractivity contribution in [3.05, 3.63) is 46.2 Å². The van der Waals surface area contributed by atoms with E-state index in [1.807, 2.05) is 6.07 Å². The van der Waals surface area contributed by atoms with Crippen molar-refractivity contribution < 1.29 is 53.8 Å². The van der Waals surface area contributed by atoms with Gasteiger partial charge in [-0.1, -0.05) is 17.7 Å². The van der Waals surface area contributed by atoms with Crippen molar-refractivity contribution in [2.75, 3.05) is 0 Å². The van der Waals surface area contributed by atoms with Gasteiger partial charge in [-0.15, -0.1) is 0 Å². The number of ether oxygens (including phenoxy) is 1. The predicted octanol–water partition coefficient (Wildman–Crippen LogP) is 5.71. The van der Waals surface area contributed by atoms with Crippen LogP contribution in [0.15, 0.2) is 29.4 Å². The Morgan fingerprint density at radius 2 is 1.79 bits per heavy atom. The van der Waals surface area contributed by atoms with Crippen LogP contribution >= 0.6 is 11.6 Å². The van der Waals surface area contributed by atoms with Gasteiger partial charge in [0.1, 0.15) is 5.54 Å². The van der Waals surface area contributed by atoms with Crippen LogP contribution in [0, 0.1) is 11.3 Å². The van der Waals surface area contributed by atoms with E-state index in [1.54, 1.807) is 0 Å². The lowest BCUT2D eigenvalue weighted by atomic mass is 9.99. The number of aliphatic imine (C=N–C) groups is 1. The topological polar surface area (TPSA) is 127 Å². The van der Waals surface area contributed by atoms with E-state index in [0.717, 1.165) is 19.2 Å². The molecule has 0 saturated heterocycles. The molecule has 1 aromatic carbocycles. The lowest BCUT2D eigenvalue weighted by molar-refractivity contribution is -0.350. The first kappa shape index (κ1) is 33.2. The van der Waals surface area contributed by atoms with Crippen LogP contribution in [0.2, 0.25) is 5.02 Å². The Balaban J connectivity index is 2.12. The maximum absolute atomic E-state index is 14.7. The van der Waals surface area contributed by atoms with E-state index in [4.69, 9.17) is 17.3 Å². The van der Waals surface area contributed by atoms with Gasteiger partial charge in [-0.2, -0.15) is 45.5 Å². The van der Waals surface area contributed by atoms with Gasteiger partial charge >= 0.3 is 24.6 Å². The number of nitrogens with two attached hydrogens (primary N) is 1. The number of imide groups is 1. The van der Waals surface area contributed by atoms with Crippen LogP contribution in [-0.4, -0.2) is 57.2 Å². The Labute approximate surface area is 240 Å². The molecule has 1 aliphatic rings. The molecule has 1 aliphatic carbocycles. The van der Waals surface area contributed by atoms with E-state index in [2.05, 4.69) is 14.8 Å². The van der Waals surface area contributed by atoms with E-state index in [1.165, 1.54) is 12.1 Å². The van der Waals surface area contributed by atoms with E-state index >= 15 is 0 Å². The van der Waals surface area contributed by atoms with Gasteiger partial charge in [-0.05, 0) is 30.5 Å². The van der Waals surface area contributed by atoms with Gasteiger partial charge in [0, 0.05) is 32.0 Å². The maximum Gasteiger partial charge on any atom is 0.437 e. The van der Waals surface area contributed by atoms with Crippen LogP contribution in [-0.2, 0) is 17.5 Å². The molecule has 0 bridgehead atoms. The number of hydrogen-bond donors (Lipinski definition) is 1. The SMILES string of the molecule is CC(=O)N(C(=O)c1cc(C(C=Nc2c(OC(F)F)c(C(F)(C(F)(F)F)C(F)(F)F)nn2C)=CN)ccc1Cl)C1(C#N)CC1. The Morgan fingerprint density at radius 1 is 1.21 bits per heavy atom. The molecule has 1 heterocycles. The molecule has 1 fully saturated rings. The van der Waals surface area contributed by atoms with Crippen LogP contribution in [0.25, 0.3) is 5.57 Å². The minimum Gasteiger partial charge on any atom is -0.429 e. The van der Waals surface area contributed by atoms with Crippen LogP contribution < -0.4 is 10.5 Å². The fourth-order valence-electron chi connectivity index (χ4n) is 3.97. The smallest absolute Gasteiger partial charge is 0.429 e. The highest BCUT2D eigenvalue weighted by atomic mass is 35.5. The number of nitriles is 1. The molecule has 0 aliphatic heterocycles. The molecule has 0 spiro atoms. The number of carbonyl (C=O) groups is 2. The number of amides is 2. The molecule has 2 aromatic rings. The summed E-state index contributed by atoms with van der Waals surface area (Å²) in [5.74, 6) is -4.88. The number of rotatable bonds is 8. The standard InChI is InChI=1S/C24H18ClF9N6O3/c1-11(41)40(21(10-36)5-6-21)19(42)14-7-12(3-4-15(14)25)13(8-35)9-37-18-16(43-20(26)27)17(38-39(18)2)22(28,23(29,30)31)24(32,33)34/h3-4,7-9,20H,5-6,35H2,1-2H3. The third-order valence-electron chi connectivity index (χ3n) is 6.20. The summed E-state index contributed by atoms with van der Waals surface area (Å²) in [7, 11) is 0.686.